The van der Waals surface area contributed by atoms with Crippen LogP contribution in [0.2, 0.25) is 0 Å². The second kappa shape index (κ2) is 7.45. The van der Waals surface area contributed by atoms with Gasteiger partial charge in [-0.3, -0.25) is 0 Å². The van der Waals surface area contributed by atoms with Crippen LogP contribution >= 0.6 is 0 Å². The van der Waals surface area contributed by atoms with Crippen molar-refractivity contribution in [3.63, 3.8) is 0 Å². The Kier molecular flexibility index (Phi) is 6.99. The summed E-state index contributed by atoms with van der Waals surface area (Å²) in [7, 11) is 0. The molecule has 0 aliphatic heterocycles. The normalized spacial score (nSPS) is 8.89. The minimum absolute atomic E-state index is 0.490. The van der Waals surface area contributed by atoms with Gasteiger partial charge in [-0.25, -0.2) is 0 Å². The molecule has 0 aliphatic rings. The molecule has 0 rings (SSSR count). The molecule has 0 saturated carbocycles. The Hall–Kier alpha value is -0.550. The zero-order valence-corrected chi connectivity index (χ0v) is 5.98. The van der Waals surface area contributed by atoms with Crippen molar-refractivity contribution in [1.82, 2.24) is 5.32 Å². The summed E-state index contributed by atoms with van der Waals surface area (Å²) >= 11 is 0. The lowest BCUT2D eigenvalue weighted by molar-refractivity contribution is 0.649. The van der Waals surface area contributed by atoms with Crippen LogP contribution in [0.5, 0.6) is 0 Å². The molecule has 9 heavy (non-hydrogen) atoms. The fourth-order valence-corrected chi connectivity index (χ4v) is 0.644. The van der Waals surface area contributed by atoms with Gasteiger partial charge in [-0.2, -0.15) is 5.26 Å². The lowest BCUT2D eigenvalue weighted by Gasteiger charge is -1.96. The second-order valence-corrected chi connectivity index (χ2v) is 2.04. The predicted octanol–water partition coefficient (Wildman–Crippen LogP) is 1.29. The maximum absolute atomic E-state index is 8.11. The van der Waals surface area contributed by atoms with Gasteiger partial charge in [0, 0.05) is 0 Å². The third-order valence-corrected chi connectivity index (χ3v) is 1.16. The first-order chi connectivity index (χ1) is 4.41. The van der Waals surface area contributed by atoms with Gasteiger partial charge in [0.25, 0.3) is 0 Å². The highest BCUT2D eigenvalue weighted by Gasteiger charge is 1.83. The minimum Gasteiger partial charge on any atom is -0.304 e. The maximum Gasteiger partial charge on any atom is 0.0840 e. The standard InChI is InChI=1S/C7H14N2/c1-2-3-4-6-9-7-5-8/h9H,2-4,6-7H2,1H3. The molecule has 1 N–H and O–H groups in total. The predicted molar refractivity (Wildman–Crippen MR) is 38.0 cm³/mol. The second-order valence-electron chi connectivity index (χ2n) is 2.04. The van der Waals surface area contributed by atoms with E-state index in [1.54, 1.807) is 0 Å². The molecule has 0 fully saturated rings. The van der Waals surface area contributed by atoms with Crippen LogP contribution in [0.4, 0.5) is 0 Å². The van der Waals surface area contributed by atoms with Crippen molar-refractivity contribution in [2.75, 3.05) is 13.1 Å². The van der Waals surface area contributed by atoms with Crippen molar-refractivity contribution < 1.29 is 0 Å². The Morgan fingerprint density at radius 2 is 2.22 bits per heavy atom. The summed E-state index contributed by atoms with van der Waals surface area (Å²) in [5.41, 5.74) is 0. The smallest absolute Gasteiger partial charge is 0.0840 e. The number of rotatable bonds is 5. The number of unbranched alkanes of at least 4 members (excludes halogenated alkanes) is 2. The fraction of sp³-hybridized carbons (Fsp3) is 0.857. The number of nitrogens with one attached hydrogen (secondary N) is 1. The van der Waals surface area contributed by atoms with Crippen molar-refractivity contribution in [2.24, 2.45) is 0 Å². The molecular formula is C7H14N2. The van der Waals surface area contributed by atoms with E-state index >= 15 is 0 Å². The number of nitrogens with zero attached hydrogens (tertiary/aromatic N) is 1. The van der Waals surface area contributed by atoms with Gasteiger partial charge >= 0.3 is 0 Å². The third kappa shape index (κ3) is 7.45. The molecule has 0 saturated heterocycles. The van der Waals surface area contributed by atoms with E-state index in [1.165, 1.54) is 19.3 Å². The summed E-state index contributed by atoms with van der Waals surface area (Å²) in [6.07, 6.45) is 3.70. The van der Waals surface area contributed by atoms with Crippen molar-refractivity contribution in [3.05, 3.63) is 0 Å². The van der Waals surface area contributed by atoms with Crippen molar-refractivity contribution in [2.45, 2.75) is 26.2 Å². The van der Waals surface area contributed by atoms with E-state index < -0.39 is 0 Å². The van der Waals surface area contributed by atoms with Gasteiger partial charge in [0.1, 0.15) is 0 Å². The van der Waals surface area contributed by atoms with Crippen LogP contribution in [-0.2, 0) is 0 Å². The highest BCUT2D eigenvalue weighted by atomic mass is 14.8. The van der Waals surface area contributed by atoms with Gasteiger partial charge in [-0.15, -0.1) is 0 Å². The molecule has 0 spiro atoms. The maximum atomic E-state index is 8.11. The van der Waals surface area contributed by atoms with Gasteiger partial charge in [-0.05, 0) is 13.0 Å². The Morgan fingerprint density at radius 1 is 1.44 bits per heavy atom. The van der Waals surface area contributed by atoms with Crippen LogP contribution in [0.3, 0.4) is 0 Å². The fourth-order valence-electron chi connectivity index (χ4n) is 0.644. The highest BCUT2D eigenvalue weighted by molar-refractivity contribution is 4.72. The van der Waals surface area contributed by atoms with Gasteiger partial charge in [0.05, 0.1) is 12.6 Å². The van der Waals surface area contributed by atoms with Crippen LogP contribution in [0.25, 0.3) is 0 Å². The monoisotopic (exact) mass is 126 g/mol. The molecule has 2 heteroatoms. The first-order valence-electron chi connectivity index (χ1n) is 3.49. The molecule has 0 radical (unpaired) electrons. The van der Waals surface area contributed by atoms with Crippen LogP contribution in [0.1, 0.15) is 26.2 Å². The zero-order chi connectivity index (χ0) is 6.95. The summed E-state index contributed by atoms with van der Waals surface area (Å²) in [5.74, 6) is 0. The Balaban J connectivity index is 2.69. The van der Waals surface area contributed by atoms with Crippen LogP contribution in [0, 0.1) is 11.3 Å². The van der Waals surface area contributed by atoms with E-state index in [2.05, 4.69) is 12.2 Å². The molecule has 0 aromatic carbocycles. The largest absolute Gasteiger partial charge is 0.304 e. The molecule has 52 valence electrons. The lowest BCUT2D eigenvalue weighted by Crippen LogP contribution is -2.14. The molecule has 0 atom stereocenters. The third-order valence-electron chi connectivity index (χ3n) is 1.16. The first-order valence-corrected chi connectivity index (χ1v) is 3.49. The Morgan fingerprint density at radius 3 is 2.78 bits per heavy atom. The number of nitriles is 1. The van der Waals surface area contributed by atoms with Gasteiger partial charge < -0.3 is 5.32 Å². The van der Waals surface area contributed by atoms with Crippen molar-refractivity contribution in [1.29, 1.82) is 5.26 Å². The highest BCUT2D eigenvalue weighted by Crippen LogP contribution is 1.90. The van der Waals surface area contributed by atoms with E-state index in [9.17, 15) is 0 Å². The molecule has 0 bridgehead atoms. The Bertz CT molecular complexity index is 83.4. The van der Waals surface area contributed by atoms with Gasteiger partial charge in [0.2, 0.25) is 0 Å². The van der Waals surface area contributed by atoms with Gasteiger partial charge in [-0.1, -0.05) is 19.8 Å². The molecular weight excluding hydrogens is 112 g/mol. The van der Waals surface area contributed by atoms with E-state index in [0.717, 1.165) is 6.54 Å². The first kappa shape index (κ1) is 8.45. The molecule has 2 nitrogen and oxygen atoms in total. The minimum atomic E-state index is 0.490. The summed E-state index contributed by atoms with van der Waals surface area (Å²) in [6.45, 7) is 3.65. The summed E-state index contributed by atoms with van der Waals surface area (Å²) in [5, 5.41) is 11.1. The van der Waals surface area contributed by atoms with Crippen LogP contribution < -0.4 is 5.32 Å². The van der Waals surface area contributed by atoms with E-state index in [1.807, 2.05) is 6.07 Å². The topological polar surface area (TPSA) is 35.8 Å². The molecule has 0 amide bonds. The van der Waals surface area contributed by atoms with E-state index in [4.69, 9.17) is 5.26 Å². The summed E-state index contributed by atoms with van der Waals surface area (Å²) in [4.78, 5) is 0. The van der Waals surface area contributed by atoms with Crippen LogP contribution in [0.15, 0.2) is 0 Å². The molecule has 0 aromatic heterocycles. The Labute approximate surface area is 56.9 Å². The number of hydrogen-bond acceptors (Lipinski definition) is 2. The quantitative estimate of drug-likeness (QED) is 0.445. The van der Waals surface area contributed by atoms with Gasteiger partial charge in [0.15, 0.2) is 0 Å². The molecule has 0 unspecified atom stereocenters. The molecule has 0 aliphatic carbocycles. The van der Waals surface area contributed by atoms with Crippen LogP contribution in [-0.4, -0.2) is 13.1 Å². The number of hydrogen-bond donors (Lipinski definition) is 1. The summed E-state index contributed by atoms with van der Waals surface area (Å²) < 4.78 is 0. The summed E-state index contributed by atoms with van der Waals surface area (Å²) in [6, 6.07) is 2.03. The molecule has 0 heterocycles. The average Bonchev–Trinajstić information content (AvgIpc) is 1.89. The van der Waals surface area contributed by atoms with E-state index in [0.29, 0.717) is 6.54 Å². The van der Waals surface area contributed by atoms with Crippen molar-refractivity contribution in [3.8, 4) is 6.07 Å². The SMILES string of the molecule is CCCCCNCC#N. The molecule has 0 aromatic rings. The lowest BCUT2D eigenvalue weighted by atomic mass is 10.2. The average molecular weight is 126 g/mol. The van der Waals surface area contributed by atoms with E-state index in [-0.39, 0.29) is 0 Å². The van der Waals surface area contributed by atoms with Crippen molar-refractivity contribution >= 4 is 0 Å². The zero-order valence-electron chi connectivity index (χ0n) is 5.98.